The van der Waals surface area contributed by atoms with Crippen LogP contribution in [0.15, 0.2) is 48.7 Å². The lowest BCUT2D eigenvalue weighted by atomic mass is 10.2. The number of nitrogens with one attached hydrogen (secondary N) is 1. The van der Waals surface area contributed by atoms with Crippen LogP contribution in [0.4, 0.5) is 15.9 Å². The molecule has 0 saturated heterocycles. The van der Waals surface area contributed by atoms with E-state index < -0.39 is 0 Å². The number of hydrogen-bond acceptors (Lipinski definition) is 3. The van der Waals surface area contributed by atoms with E-state index in [-0.39, 0.29) is 11.7 Å². The molecule has 0 spiro atoms. The second-order valence-corrected chi connectivity index (χ2v) is 3.85. The van der Waals surface area contributed by atoms with Crippen LogP contribution in [-0.4, -0.2) is 10.9 Å². The average molecular weight is 257 g/mol. The minimum Gasteiger partial charge on any atom is -0.397 e. The maximum atomic E-state index is 12.7. The van der Waals surface area contributed by atoms with Crippen LogP contribution in [0.5, 0.6) is 0 Å². The van der Waals surface area contributed by atoms with Crippen molar-refractivity contribution in [2.45, 2.75) is 0 Å². The number of halogens is 1. The first-order chi connectivity index (χ1) is 9.13. The Labute approximate surface area is 109 Å². The first kappa shape index (κ1) is 12.8. The molecule has 0 fully saturated rings. The molecule has 0 aliphatic heterocycles. The summed E-state index contributed by atoms with van der Waals surface area (Å²) in [6.07, 6.45) is 4.40. The number of aromatic nitrogens is 1. The highest BCUT2D eigenvalue weighted by Crippen LogP contribution is 2.07. The Morgan fingerprint density at radius 1 is 1.21 bits per heavy atom. The molecule has 1 aromatic carbocycles. The number of hydrogen-bond donors (Lipinski definition) is 2. The maximum Gasteiger partial charge on any atom is 0.249 e. The topological polar surface area (TPSA) is 68.0 Å². The van der Waals surface area contributed by atoms with E-state index in [2.05, 4.69) is 10.3 Å². The van der Waals surface area contributed by atoms with Gasteiger partial charge < -0.3 is 11.1 Å². The second kappa shape index (κ2) is 5.77. The first-order valence-electron chi connectivity index (χ1n) is 5.59. The minimum absolute atomic E-state index is 0.312. The summed E-state index contributed by atoms with van der Waals surface area (Å²) < 4.78 is 12.7. The van der Waals surface area contributed by atoms with Crippen LogP contribution in [0.25, 0.3) is 6.08 Å². The number of anilines is 2. The lowest BCUT2D eigenvalue weighted by Gasteiger charge is -2.00. The third kappa shape index (κ3) is 3.92. The predicted octanol–water partition coefficient (Wildman–Crippen LogP) is 2.45. The molecule has 2 rings (SSSR count). The summed E-state index contributed by atoms with van der Waals surface area (Å²) in [5.74, 6) is -0.211. The number of nitrogens with zero attached hydrogens (tertiary/aromatic N) is 1. The molecular formula is C14H12FN3O. The fourth-order valence-corrected chi connectivity index (χ4v) is 1.39. The van der Waals surface area contributed by atoms with Crippen molar-refractivity contribution < 1.29 is 9.18 Å². The normalized spacial score (nSPS) is 10.6. The van der Waals surface area contributed by atoms with Gasteiger partial charge >= 0.3 is 0 Å². The van der Waals surface area contributed by atoms with Crippen LogP contribution in [0, 0.1) is 5.82 Å². The highest BCUT2D eigenvalue weighted by Gasteiger charge is 1.98. The molecule has 96 valence electrons. The van der Waals surface area contributed by atoms with Gasteiger partial charge in [-0.25, -0.2) is 9.37 Å². The van der Waals surface area contributed by atoms with E-state index >= 15 is 0 Å². The molecule has 0 radical (unpaired) electrons. The summed E-state index contributed by atoms with van der Waals surface area (Å²) >= 11 is 0. The molecule has 0 unspecified atom stereocenters. The van der Waals surface area contributed by atoms with E-state index in [1.165, 1.54) is 24.4 Å². The van der Waals surface area contributed by atoms with Crippen molar-refractivity contribution in [3.8, 4) is 0 Å². The zero-order valence-corrected chi connectivity index (χ0v) is 10.0. The smallest absolute Gasteiger partial charge is 0.249 e. The van der Waals surface area contributed by atoms with Gasteiger partial charge in [-0.3, -0.25) is 4.79 Å². The quantitative estimate of drug-likeness (QED) is 0.830. The monoisotopic (exact) mass is 257 g/mol. The van der Waals surface area contributed by atoms with Crippen molar-refractivity contribution in [2.75, 3.05) is 11.1 Å². The van der Waals surface area contributed by atoms with E-state index in [0.717, 1.165) is 5.56 Å². The molecular weight excluding hydrogens is 245 g/mol. The SMILES string of the molecule is Nc1ccc(NC(=O)/C=C/c2ccc(F)cc2)nc1. The van der Waals surface area contributed by atoms with Gasteiger partial charge in [-0.1, -0.05) is 12.1 Å². The molecule has 3 N–H and O–H groups in total. The molecule has 0 saturated carbocycles. The van der Waals surface area contributed by atoms with Gasteiger partial charge in [0, 0.05) is 6.08 Å². The lowest BCUT2D eigenvalue weighted by molar-refractivity contribution is -0.111. The number of rotatable bonds is 3. The largest absolute Gasteiger partial charge is 0.397 e. The maximum absolute atomic E-state index is 12.7. The van der Waals surface area contributed by atoms with Crippen molar-refractivity contribution in [2.24, 2.45) is 0 Å². The average Bonchev–Trinajstić information content (AvgIpc) is 2.41. The minimum atomic E-state index is -0.318. The van der Waals surface area contributed by atoms with Crippen LogP contribution in [0.1, 0.15) is 5.56 Å². The molecule has 0 bridgehead atoms. The Balaban J connectivity index is 1.97. The number of carbonyl (C=O) groups is 1. The molecule has 19 heavy (non-hydrogen) atoms. The Morgan fingerprint density at radius 3 is 2.58 bits per heavy atom. The second-order valence-electron chi connectivity index (χ2n) is 3.85. The number of nitrogen functional groups attached to an aromatic ring is 1. The van der Waals surface area contributed by atoms with Crippen LogP contribution in [0.2, 0.25) is 0 Å². The van der Waals surface area contributed by atoms with E-state index in [1.54, 1.807) is 30.3 Å². The molecule has 2 aromatic rings. The van der Waals surface area contributed by atoms with Gasteiger partial charge in [0.05, 0.1) is 11.9 Å². The summed E-state index contributed by atoms with van der Waals surface area (Å²) in [5, 5.41) is 2.58. The Hall–Kier alpha value is -2.69. The molecule has 0 aliphatic rings. The summed E-state index contributed by atoms with van der Waals surface area (Å²) in [6.45, 7) is 0. The molecule has 1 aromatic heterocycles. The fourth-order valence-electron chi connectivity index (χ4n) is 1.39. The Bertz CT molecular complexity index is 591. The summed E-state index contributed by atoms with van der Waals surface area (Å²) in [4.78, 5) is 15.5. The number of carbonyl (C=O) groups excluding carboxylic acids is 1. The Morgan fingerprint density at radius 2 is 1.95 bits per heavy atom. The molecule has 4 nitrogen and oxygen atoms in total. The number of nitrogens with two attached hydrogens (primary N) is 1. The van der Waals surface area contributed by atoms with Gasteiger partial charge in [-0.05, 0) is 35.9 Å². The summed E-state index contributed by atoms with van der Waals surface area (Å²) in [7, 11) is 0. The van der Waals surface area contributed by atoms with Gasteiger partial charge in [0.15, 0.2) is 0 Å². The molecule has 5 heteroatoms. The van der Waals surface area contributed by atoms with Crippen LogP contribution < -0.4 is 11.1 Å². The van der Waals surface area contributed by atoms with Crippen molar-refractivity contribution in [3.05, 3.63) is 60.1 Å². The van der Waals surface area contributed by atoms with Gasteiger partial charge in [0.1, 0.15) is 11.6 Å². The third-order valence-electron chi connectivity index (χ3n) is 2.33. The van der Waals surface area contributed by atoms with E-state index in [0.29, 0.717) is 11.5 Å². The van der Waals surface area contributed by atoms with Crippen molar-refractivity contribution in [1.82, 2.24) is 4.98 Å². The lowest BCUT2D eigenvalue weighted by Crippen LogP contribution is -2.09. The predicted molar refractivity (Wildman–Crippen MR) is 72.7 cm³/mol. The van der Waals surface area contributed by atoms with E-state index in [1.807, 2.05) is 0 Å². The van der Waals surface area contributed by atoms with Gasteiger partial charge in [-0.2, -0.15) is 0 Å². The van der Waals surface area contributed by atoms with Gasteiger partial charge in [0.25, 0.3) is 0 Å². The van der Waals surface area contributed by atoms with Crippen molar-refractivity contribution in [3.63, 3.8) is 0 Å². The van der Waals surface area contributed by atoms with Crippen molar-refractivity contribution >= 4 is 23.5 Å². The standard InChI is InChI=1S/C14H12FN3O/c15-11-4-1-10(2-5-11)3-8-14(19)18-13-7-6-12(16)9-17-13/h1-9H,16H2,(H,17,18,19)/b8-3+. The number of amides is 1. The van der Waals surface area contributed by atoms with Gasteiger partial charge in [-0.15, -0.1) is 0 Å². The zero-order valence-electron chi connectivity index (χ0n) is 10.0. The van der Waals surface area contributed by atoms with E-state index in [9.17, 15) is 9.18 Å². The molecule has 0 atom stereocenters. The zero-order chi connectivity index (χ0) is 13.7. The number of benzene rings is 1. The first-order valence-corrected chi connectivity index (χ1v) is 5.59. The molecule has 0 aliphatic carbocycles. The third-order valence-corrected chi connectivity index (χ3v) is 2.33. The Kier molecular flexibility index (Phi) is 3.87. The summed E-state index contributed by atoms with van der Waals surface area (Å²) in [5.41, 5.74) is 6.75. The van der Waals surface area contributed by atoms with Crippen molar-refractivity contribution in [1.29, 1.82) is 0 Å². The molecule has 1 amide bonds. The highest BCUT2D eigenvalue weighted by molar-refractivity contribution is 6.01. The van der Waals surface area contributed by atoms with Crippen LogP contribution in [-0.2, 0) is 4.79 Å². The van der Waals surface area contributed by atoms with Gasteiger partial charge in [0.2, 0.25) is 5.91 Å². The fraction of sp³-hybridized carbons (Fsp3) is 0. The van der Waals surface area contributed by atoms with Crippen LogP contribution in [0.3, 0.4) is 0 Å². The number of pyridine rings is 1. The molecule has 1 heterocycles. The van der Waals surface area contributed by atoms with Crippen LogP contribution >= 0.6 is 0 Å². The van der Waals surface area contributed by atoms with E-state index in [4.69, 9.17) is 5.73 Å². The highest BCUT2D eigenvalue weighted by atomic mass is 19.1. The summed E-state index contributed by atoms with van der Waals surface area (Å²) in [6, 6.07) is 9.09.